The Bertz CT molecular complexity index is 1030. The van der Waals surface area contributed by atoms with E-state index in [9.17, 15) is 8.42 Å². The molecule has 2 aromatic heterocycles. The first-order valence-electron chi connectivity index (χ1n) is 8.60. The highest BCUT2D eigenvalue weighted by molar-refractivity contribution is 7.92. The highest BCUT2D eigenvalue weighted by atomic mass is 32.2. The van der Waals surface area contributed by atoms with Crippen LogP contribution >= 0.6 is 0 Å². The molecule has 0 bridgehead atoms. The number of anilines is 1. The zero-order valence-corrected chi connectivity index (χ0v) is 15.5. The van der Waals surface area contributed by atoms with Crippen molar-refractivity contribution in [2.75, 3.05) is 11.3 Å². The van der Waals surface area contributed by atoms with Gasteiger partial charge in [0.05, 0.1) is 23.0 Å². The number of sulfonamides is 1. The van der Waals surface area contributed by atoms with E-state index in [2.05, 4.69) is 19.7 Å². The second kappa shape index (κ2) is 6.40. The van der Waals surface area contributed by atoms with Crippen molar-refractivity contribution in [1.82, 2.24) is 19.5 Å². The normalized spacial score (nSPS) is 18.0. The fourth-order valence-electron chi connectivity index (χ4n) is 2.99. The summed E-state index contributed by atoms with van der Waals surface area (Å²) in [5, 5.41) is -0.00375. The molecule has 3 aromatic rings. The molecule has 0 spiro atoms. The van der Waals surface area contributed by atoms with E-state index < -0.39 is 10.0 Å². The molecule has 0 amide bonds. The maximum absolute atomic E-state index is 12.6. The molecule has 1 aromatic carbocycles. The first-order chi connectivity index (χ1) is 12.4. The van der Waals surface area contributed by atoms with Crippen LogP contribution in [0.2, 0.25) is 0 Å². The van der Waals surface area contributed by atoms with Gasteiger partial charge in [0.2, 0.25) is 0 Å². The Hall–Kier alpha value is -2.39. The van der Waals surface area contributed by atoms with Crippen molar-refractivity contribution < 1.29 is 13.2 Å². The maximum atomic E-state index is 12.6. The highest BCUT2D eigenvalue weighted by Gasteiger charge is 2.22. The third-order valence-corrected chi connectivity index (χ3v) is 5.70. The van der Waals surface area contributed by atoms with Crippen LogP contribution in [-0.2, 0) is 14.8 Å². The Morgan fingerprint density at radius 3 is 2.92 bits per heavy atom. The van der Waals surface area contributed by atoms with E-state index in [4.69, 9.17) is 4.74 Å². The molecule has 1 unspecified atom stereocenters. The number of aromatic nitrogens is 4. The molecule has 8 nitrogen and oxygen atoms in total. The van der Waals surface area contributed by atoms with Crippen molar-refractivity contribution in [3.05, 3.63) is 36.5 Å². The van der Waals surface area contributed by atoms with Gasteiger partial charge in [0.25, 0.3) is 10.0 Å². The van der Waals surface area contributed by atoms with Gasteiger partial charge in [-0.2, -0.15) is 8.42 Å². The number of imidazole rings is 2. The minimum absolute atomic E-state index is 0.00375. The second-order valence-electron chi connectivity index (χ2n) is 6.71. The van der Waals surface area contributed by atoms with Crippen LogP contribution < -0.4 is 4.72 Å². The molecule has 1 saturated heterocycles. The first kappa shape index (κ1) is 17.0. The smallest absolute Gasteiger partial charge is 0.280 e. The number of H-pyrrole nitrogens is 1. The van der Waals surface area contributed by atoms with Crippen LogP contribution in [0.4, 0.5) is 5.69 Å². The van der Waals surface area contributed by atoms with Crippen LogP contribution in [0, 0.1) is 0 Å². The minimum Gasteiger partial charge on any atom is -0.370 e. The number of nitrogens with zero attached hydrogens (tertiary/aromatic N) is 3. The molecule has 26 heavy (non-hydrogen) atoms. The lowest BCUT2D eigenvalue weighted by atomic mass is 10.2. The Morgan fingerprint density at radius 1 is 1.38 bits per heavy atom. The summed E-state index contributed by atoms with van der Waals surface area (Å²) in [6.45, 7) is 4.67. The van der Waals surface area contributed by atoms with E-state index >= 15 is 0 Å². The third kappa shape index (κ3) is 3.19. The van der Waals surface area contributed by atoms with E-state index in [1.807, 2.05) is 13.8 Å². The maximum Gasteiger partial charge on any atom is 0.280 e. The molecule has 2 N–H and O–H groups in total. The van der Waals surface area contributed by atoms with Crippen LogP contribution in [0.15, 0.2) is 35.7 Å². The molecule has 1 fully saturated rings. The second-order valence-corrected chi connectivity index (χ2v) is 8.34. The van der Waals surface area contributed by atoms with Crippen molar-refractivity contribution in [2.45, 2.75) is 43.9 Å². The molecule has 1 atom stereocenters. The van der Waals surface area contributed by atoms with Crippen LogP contribution in [0.25, 0.3) is 11.0 Å². The molecule has 3 heterocycles. The number of nitrogens with one attached hydrogen (secondary N) is 2. The van der Waals surface area contributed by atoms with Crippen molar-refractivity contribution in [2.24, 2.45) is 0 Å². The number of aromatic amines is 1. The minimum atomic E-state index is -3.74. The summed E-state index contributed by atoms with van der Waals surface area (Å²) in [4.78, 5) is 11.8. The van der Waals surface area contributed by atoms with Crippen molar-refractivity contribution in [3.8, 4) is 0 Å². The lowest BCUT2D eigenvalue weighted by Crippen LogP contribution is -2.13. The molecular weight excluding hydrogens is 354 g/mol. The lowest BCUT2D eigenvalue weighted by Gasteiger charge is -2.06. The zero-order valence-electron chi connectivity index (χ0n) is 14.6. The summed E-state index contributed by atoms with van der Waals surface area (Å²) in [5.41, 5.74) is 2.00. The Balaban J connectivity index is 1.59. The Kier molecular flexibility index (Phi) is 4.20. The number of benzene rings is 1. The molecule has 1 aliphatic heterocycles. The predicted octanol–water partition coefficient (Wildman–Crippen LogP) is 2.99. The van der Waals surface area contributed by atoms with Gasteiger partial charge in [0.1, 0.15) is 11.9 Å². The fourth-order valence-corrected chi connectivity index (χ4v) is 3.97. The van der Waals surface area contributed by atoms with E-state index in [1.54, 1.807) is 22.8 Å². The van der Waals surface area contributed by atoms with Gasteiger partial charge in [-0.1, -0.05) is 0 Å². The molecular formula is C17H21N5O3S. The quantitative estimate of drug-likeness (QED) is 0.714. The summed E-state index contributed by atoms with van der Waals surface area (Å²) in [5.74, 6) is 0.785. The third-order valence-electron chi connectivity index (χ3n) is 4.44. The number of hydrogen-bond acceptors (Lipinski definition) is 5. The molecule has 0 saturated carbocycles. The first-order valence-corrected chi connectivity index (χ1v) is 10.1. The summed E-state index contributed by atoms with van der Waals surface area (Å²) in [6.07, 6.45) is 5.00. The standard InChI is InChI=1S/C17H21N5O3S/c1-11(2)22-9-16(18-10-22)26(23,24)21-12-5-6-13-14(8-12)20-17(19-13)15-4-3-7-25-15/h5-6,8-11,15,21H,3-4,7H2,1-2H3,(H,19,20). The van der Waals surface area contributed by atoms with Gasteiger partial charge in [0.15, 0.2) is 5.03 Å². The van der Waals surface area contributed by atoms with Crippen molar-refractivity contribution in [3.63, 3.8) is 0 Å². The predicted molar refractivity (Wildman–Crippen MR) is 97.4 cm³/mol. The Morgan fingerprint density at radius 2 is 2.23 bits per heavy atom. The average Bonchev–Trinajstić information content (AvgIpc) is 3.33. The Labute approximate surface area is 151 Å². The number of ether oxygens (including phenoxy) is 1. The van der Waals surface area contributed by atoms with Gasteiger partial charge in [0, 0.05) is 18.8 Å². The van der Waals surface area contributed by atoms with E-state index in [1.165, 1.54) is 12.5 Å². The molecule has 0 aliphatic carbocycles. The summed E-state index contributed by atoms with van der Waals surface area (Å²) >= 11 is 0. The van der Waals surface area contributed by atoms with Crippen molar-refractivity contribution in [1.29, 1.82) is 0 Å². The largest absolute Gasteiger partial charge is 0.370 e. The zero-order chi connectivity index (χ0) is 18.3. The summed E-state index contributed by atoms with van der Waals surface area (Å²) < 4.78 is 35.1. The van der Waals surface area contributed by atoms with E-state index in [-0.39, 0.29) is 17.2 Å². The SMILES string of the molecule is CC(C)n1cnc(S(=O)(=O)Nc2ccc3nc(C4CCCO4)[nH]c3c2)c1. The van der Waals surface area contributed by atoms with Gasteiger partial charge >= 0.3 is 0 Å². The van der Waals surface area contributed by atoms with Gasteiger partial charge < -0.3 is 14.3 Å². The molecule has 9 heteroatoms. The highest BCUT2D eigenvalue weighted by Crippen LogP contribution is 2.29. The average molecular weight is 375 g/mol. The van der Waals surface area contributed by atoms with Crippen LogP contribution in [0.5, 0.6) is 0 Å². The number of fused-ring (bicyclic) bond motifs is 1. The van der Waals surface area contributed by atoms with Crippen molar-refractivity contribution >= 4 is 26.7 Å². The summed E-state index contributed by atoms with van der Waals surface area (Å²) in [6, 6.07) is 5.36. The van der Waals surface area contributed by atoms with Gasteiger partial charge in [-0.25, -0.2) is 9.97 Å². The monoisotopic (exact) mass is 375 g/mol. The van der Waals surface area contributed by atoms with Gasteiger partial charge in [-0.15, -0.1) is 0 Å². The van der Waals surface area contributed by atoms with Crippen LogP contribution in [0.1, 0.15) is 44.7 Å². The van der Waals surface area contributed by atoms with Crippen LogP contribution in [0.3, 0.4) is 0 Å². The van der Waals surface area contributed by atoms with Gasteiger partial charge in [-0.3, -0.25) is 4.72 Å². The molecule has 0 radical (unpaired) electrons. The topological polar surface area (TPSA) is 102 Å². The van der Waals surface area contributed by atoms with Gasteiger partial charge in [-0.05, 0) is 44.9 Å². The lowest BCUT2D eigenvalue weighted by molar-refractivity contribution is 0.106. The molecule has 4 rings (SSSR count). The number of hydrogen-bond donors (Lipinski definition) is 2. The summed E-state index contributed by atoms with van der Waals surface area (Å²) in [7, 11) is -3.74. The fraction of sp³-hybridized carbons (Fsp3) is 0.412. The van der Waals surface area contributed by atoms with E-state index in [0.29, 0.717) is 5.69 Å². The molecule has 1 aliphatic rings. The van der Waals surface area contributed by atoms with Crippen LogP contribution in [-0.4, -0.2) is 34.5 Å². The molecule has 138 valence electrons. The van der Waals surface area contributed by atoms with E-state index in [0.717, 1.165) is 36.3 Å². The number of rotatable bonds is 5.